The topological polar surface area (TPSA) is 49.4 Å². The molecule has 0 saturated heterocycles. The molecule has 2 amide bonds. The van der Waals surface area contributed by atoms with Gasteiger partial charge in [0.05, 0.1) is 4.88 Å². The molecule has 0 fully saturated rings. The van der Waals surface area contributed by atoms with Crippen molar-refractivity contribution in [2.45, 2.75) is 6.42 Å². The van der Waals surface area contributed by atoms with Crippen LogP contribution in [0.25, 0.3) is 0 Å². The lowest BCUT2D eigenvalue weighted by molar-refractivity contribution is 0.0957. The number of carbonyl (C=O) groups is 2. The van der Waals surface area contributed by atoms with E-state index in [-0.39, 0.29) is 17.6 Å². The van der Waals surface area contributed by atoms with E-state index in [1.165, 1.54) is 23.5 Å². The minimum absolute atomic E-state index is 0.118. The van der Waals surface area contributed by atoms with Gasteiger partial charge in [-0.15, -0.1) is 11.3 Å². The van der Waals surface area contributed by atoms with Crippen LogP contribution in [0, 0.1) is 5.82 Å². The van der Waals surface area contributed by atoms with Crippen molar-refractivity contribution in [2.75, 3.05) is 18.0 Å². The first-order valence-electron chi connectivity index (χ1n) is 8.59. The number of carbonyl (C=O) groups excluding carboxylic acids is 2. The molecular weight excluding hydrogens is 363 g/mol. The number of nitrogens with zero attached hydrogens (tertiary/aromatic N) is 1. The van der Waals surface area contributed by atoms with Gasteiger partial charge in [0.25, 0.3) is 11.8 Å². The summed E-state index contributed by atoms with van der Waals surface area (Å²) in [5, 5.41) is 4.70. The Morgan fingerprint density at radius 1 is 0.963 bits per heavy atom. The highest BCUT2D eigenvalue weighted by molar-refractivity contribution is 7.12. The molecule has 0 bridgehead atoms. The van der Waals surface area contributed by atoms with E-state index in [1.54, 1.807) is 47.4 Å². The quantitative estimate of drug-likeness (QED) is 0.618. The average molecular weight is 382 g/mol. The molecule has 0 atom stereocenters. The molecule has 0 aliphatic rings. The zero-order chi connectivity index (χ0) is 19.1. The molecule has 0 spiro atoms. The van der Waals surface area contributed by atoms with E-state index in [4.69, 9.17) is 0 Å². The van der Waals surface area contributed by atoms with Crippen molar-refractivity contribution >= 4 is 28.8 Å². The van der Waals surface area contributed by atoms with Gasteiger partial charge in [-0.1, -0.05) is 24.3 Å². The number of thiophene rings is 1. The maximum atomic E-state index is 13.3. The van der Waals surface area contributed by atoms with Crippen LogP contribution in [0.15, 0.2) is 72.1 Å². The van der Waals surface area contributed by atoms with Crippen LogP contribution in [0.2, 0.25) is 0 Å². The molecule has 138 valence electrons. The van der Waals surface area contributed by atoms with Crippen molar-refractivity contribution in [3.8, 4) is 0 Å². The highest BCUT2D eigenvalue weighted by Gasteiger charge is 2.17. The summed E-state index contributed by atoms with van der Waals surface area (Å²) in [6, 6.07) is 18.4. The van der Waals surface area contributed by atoms with Gasteiger partial charge in [0, 0.05) is 24.3 Å². The third kappa shape index (κ3) is 5.01. The summed E-state index contributed by atoms with van der Waals surface area (Å²) < 4.78 is 13.3. The van der Waals surface area contributed by atoms with E-state index in [0.29, 0.717) is 35.6 Å². The molecule has 1 heterocycles. The number of rotatable bonds is 7. The molecular formula is C21H19FN2O2S. The fourth-order valence-corrected chi connectivity index (χ4v) is 3.28. The van der Waals surface area contributed by atoms with Gasteiger partial charge in [-0.25, -0.2) is 4.39 Å². The van der Waals surface area contributed by atoms with E-state index in [0.717, 1.165) is 0 Å². The highest BCUT2D eigenvalue weighted by atomic mass is 32.1. The molecule has 4 nitrogen and oxygen atoms in total. The Morgan fingerprint density at radius 3 is 2.37 bits per heavy atom. The normalized spacial score (nSPS) is 10.4. The zero-order valence-electron chi connectivity index (χ0n) is 14.6. The second-order valence-electron chi connectivity index (χ2n) is 5.89. The number of halogens is 1. The minimum atomic E-state index is -0.353. The second kappa shape index (κ2) is 9.09. The third-order valence-corrected chi connectivity index (χ3v) is 4.86. The predicted octanol–water partition coefficient (Wildman–Crippen LogP) is 4.35. The summed E-state index contributed by atoms with van der Waals surface area (Å²) in [5.74, 6) is -0.631. The van der Waals surface area contributed by atoms with Crippen molar-refractivity contribution in [1.82, 2.24) is 5.32 Å². The van der Waals surface area contributed by atoms with Crippen molar-refractivity contribution in [3.63, 3.8) is 0 Å². The second-order valence-corrected chi connectivity index (χ2v) is 6.83. The Labute approximate surface area is 161 Å². The van der Waals surface area contributed by atoms with Crippen LogP contribution in [0.1, 0.15) is 26.5 Å². The fourth-order valence-electron chi connectivity index (χ4n) is 2.64. The molecule has 0 aliphatic carbocycles. The maximum Gasteiger partial charge on any atom is 0.261 e. The molecule has 0 unspecified atom stereocenters. The van der Waals surface area contributed by atoms with Crippen LogP contribution in [-0.4, -0.2) is 24.9 Å². The summed E-state index contributed by atoms with van der Waals surface area (Å²) in [4.78, 5) is 27.1. The van der Waals surface area contributed by atoms with Crippen LogP contribution in [0.3, 0.4) is 0 Å². The van der Waals surface area contributed by atoms with Gasteiger partial charge >= 0.3 is 0 Å². The first-order valence-corrected chi connectivity index (χ1v) is 9.47. The van der Waals surface area contributed by atoms with E-state index < -0.39 is 0 Å². The number of anilines is 1. The Hall–Kier alpha value is -2.99. The van der Waals surface area contributed by atoms with Crippen molar-refractivity contribution in [2.24, 2.45) is 0 Å². The van der Waals surface area contributed by atoms with Gasteiger partial charge in [0.15, 0.2) is 0 Å². The van der Waals surface area contributed by atoms with E-state index >= 15 is 0 Å². The molecule has 2 aromatic carbocycles. The summed E-state index contributed by atoms with van der Waals surface area (Å²) in [6.07, 6.45) is 0.576. The molecule has 3 aromatic rings. The molecule has 6 heteroatoms. The van der Waals surface area contributed by atoms with Crippen LogP contribution in [0.5, 0.6) is 0 Å². The van der Waals surface area contributed by atoms with Crippen LogP contribution >= 0.6 is 11.3 Å². The number of hydrogen-bond acceptors (Lipinski definition) is 3. The maximum absolute atomic E-state index is 13.3. The first kappa shape index (κ1) is 18.8. The molecule has 0 saturated carbocycles. The summed E-state index contributed by atoms with van der Waals surface area (Å²) in [6.45, 7) is 0.848. The molecule has 1 N–H and O–H groups in total. The van der Waals surface area contributed by atoms with Gasteiger partial charge in [-0.3, -0.25) is 9.59 Å². The van der Waals surface area contributed by atoms with E-state index in [1.807, 2.05) is 17.5 Å². The Balaban J connectivity index is 1.66. The minimum Gasteiger partial charge on any atom is -0.351 e. The zero-order valence-corrected chi connectivity index (χ0v) is 15.4. The van der Waals surface area contributed by atoms with Crippen LogP contribution < -0.4 is 10.2 Å². The Bertz CT molecular complexity index is 880. The van der Waals surface area contributed by atoms with Crippen molar-refractivity contribution in [1.29, 1.82) is 0 Å². The van der Waals surface area contributed by atoms with Crippen molar-refractivity contribution < 1.29 is 14.0 Å². The fraction of sp³-hybridized carbons (Fsp3) is 0.143. The van der Waals surface area contributed by atoms with Crippen LogP contribution in [-0.2, 0) is 0 Å². The summed E-state index contributed by atoms with van der Waals surface area (Å²) in [5.41, 5.74) is 1.18. The van der Waals surface area contributed by atoms with Gasteiger partial charge in [-0.05, 0) is 54.3 Å². The van der Waals surface area contributed by atoms with Gasteiger partial charge in [0.2, 0.25) is 0 Å². The number of amides is 2. The predicted molar refractivity (Wildman–Crippen MR) is 106 cm³/mol. The third-order valence-electron chi connectivity index (χ3n) is 3.99. The molecule has 1 aromatic heterocycles. The number of nitrogens with one attached hydrogen (secondary N) is 1. The van der Waals surface area contributed by atoms with Gasteiger partial charge < -0.3 is 10.2 Å². The Morgan fingerprint density at radius 2 is 1.70 bits per heavy atom. The largest absolute Gasteiger partial charge is 0.351 e. The first-order chi connectivity index (χ1) is 13.1. The summed E-state index contributed by atoms with van der Waals surface area (Å²) in [7, 11) is 0. The van der Waals surface area contributed by atoms with E-state index in [2.05, 4.69) is 5.32 Å². The highest BCUT2D eigenvalue weighted by Crippen LogP contribution is 2.18. The number of benzene rings is 2. The average Bonchev–Trinajstić information content (AvgIpc) is 3.24. The van der Waals surface area contributed by atoms with Crippen LogP contribution in [0.4, 0.5) is 10.1 Å². The van der Waals surface area contributed by atoms with Crippen molar-refractivity contribution in [3.05, 3.63) is 88.4 Å². The monoisotopic (exact) mass is 382 g/mol. The number of hydrogen-bond donors (Lipinski definition) is 1. The smallest absolute Gasteiger partial charge is 0.261 e. The lowest BCUT2D eigenvalue weighted by atomic mass is 10.1. The summed E-state index contributed by atoms with van der Waals surface area (Å²) >= 11 is 1.38. The van der Waals surface area contributed by atoms with Gasteiger partial charge in [-0.2, -0.15) is 0 Å². The SMILES string of the molecule is O=C(NCCCN(C(=O)c1ccccc1)c1ccc(F)cc1)c1cccs1. The lowest BCUT2D eigenvalue weighted by Gasteiger charge is -2.23. The molecule has 0 aliphatic heterocycles. The molecule has 0 radical (unpaired) electrons. The molecule has 27 heavy (non-hydrogen) atoms. The van der Waals surface area contributed by atoms with Gasteiger partial charge in [0.1, 0.15) is 5.82 Å². The Kier molecular flexibility index (Phi) is 6.33. The van der Waals surface area contributed by atoms with E-state index in [9.17, 15) is 14.0 Å². The lowest BCUT2D eigenvalue weighted by Crippen LogP contribution is -2.34. The standard InChI is InChI=1S/C21H19FN2O2S/c22-17-9-11-18(12-10-17)24(21(26)16-6-2-1-3-7-16)14-5-13-23-20(25)19-8-4-15-27-19/h1-4,6-12,15H,5,13-14H2,(H,23,25). The molecule has 3 rings (SSSR count).